The van der Waals surface area contributed by atoms with E-state index in [0.717, 1.165) is 0 Å². The molecule has 0 heterocycles. The summed E-state index contributed by atoms with van der Waals surface area (Å²) < 4.78 is 24.5. The monoisotopic (exact) mass is 353 g/mol. The molecule has 0 saturated carbocycles. The molecule has 0 unspecified atom stereocenters. The van der Waals surface area contributed by atoms with Crippen LogP contribution in [-0.4, -0.2) is 20.1 Å². The highest BCUT2D eigenvalue weighted by atomic mass is 79.9. The highest BCUT2D eigenvalue weighted by molar-refractivity contribution is 9.10. The summed E-state index contributed by atoms with van der Waals surface area (Å²) in [6, 6.07) is 9.09. The summed E-state index contributed by atoms with van der Waals surface area (Å²) in [7, 11) is 3.02. The molecule has 0 aliphatic heterocycles. The van der Waals surface area contributed by atoms with E-state index in [0.29, 0.717) is 21.7 Å². The zero-order valence-corrected chi connectivity index (χ0v) is 13.0. The second-order valence-corrected chi connectivity index (χ2v) is 5.06. The van der Waals surface area contributed by atoms with Crippen molar-refractivity contribution < 1.29 is 18.7 Å². The van der Waals surface area contributed by atoms with Crippen LogP contribution in [0.2, 0.25) is 0 Å². The summed E-state index contributed by atoms with van der Waals surface area (Å²) >= 11 is 3.21. The van der Waals surface area contributed by atoms with Gasteiger partial charge in [0, 0.05) is 16.2 Å². The Morgan fingerprint density at radius 1 is 1.10 bits per heavy atom. The molecule has 0 aliphatic carbocycles. The number of nitrogens with one attached hydrogen (secondary N) is 1. The molecular weight excluding hydrogens is 341 g/mol. The Labute approximate surface area is 130 Å². The lowest BCUT2D eigenvalue weighted by Crippen LogP contribution is -2.13. The Balaban J connectivity index is 2.25. The fourth-order valence-corrected chi connectivity index (χ4v) is 2.14. The topological polar surface area (TPSA) is 47.6 Å². The second kappa shape index (κ2) is 6.58. The maximum absolute atomic E-state index is 13.7. The SMILES string of the molecule is COc1ccc(NC(=O)c2cc(Br)ccc2F)cc1OC. The third-order valence-electron chi connectivity index (χ3n) is 2.81. The third kappa shape index (κ3) is 3.52. The van der Waals surface area contributed by atoms with Crippen molar-refractivity contribution in [1.29, 1.82) is 0 Å². The smallest absolute Gasteiger partial charge is 0.258 e. The highest BCUT2D eigenvalue weighted by Crippen LogP contribution is 2.30. The van der Waals surface area contributed by atoms with Gasteiger partial charge in [-0.2, -0.15) is 0 Å². The first kappa shape index (κ1) is 15.3. The lowest BCUT2D eigenvalue weighted by molar-refractivity contribution is 0.102. The number of anilines is 1. The summed E-state index contributed by atoms with van der Waals surface area (Å²) in [6.45, 7) is 0. The number of methoxy groups -OCH3 is 2. The van der Waals surface area contributed by atoms with Gasteiger partial charge >= 0.3 is 0 Å². The van der Waals surface area contributed by atoms with Crippen molar-refractivity contribution in [3.8, 4) is 11.5 Å². The lowest BCUT2D eigenvalue weighted by atomic mass is 10.2. The number of ether oxygens (including phenoxy) is 2. The van der Waals surface area contributed by atoms with Crippen LogP contribution in [0.4, 0.5) is 10.1 Å². The Morgan fingerprint density at radius 3 is 2.48 bits per heavy atom. The first-order valence-electron chi connectivity index (χ1n) is 6.03. The van der Waals surface area contributed by atoms with Crippen molar-refractivity contribution in [3.63, 3.8) is 0 Å². The minimum absolute atomic E-state index is 0.0424. The molecule has 0 fully saturated rings. The molecule has 0 spiro atoms. The normalized spacial score (nSPS) is 10.1. The average molecular weight is 354 g/mol. The molecule has 21 heavy (non-hydrogen) atoms. The van der Waals surface area contributed by atoms with E-state index in [1.54, 1.807) is 18.2 Å². The number of benzene rings is 2. The van der Waals surface area contributed by atoms with Gasteiger partial charge in [-0.15, -0.1) is 0 Å². The minimum Gasteiger partial charge on any atom is -0.493 e. The first-order chi connectivity index (χ1) is 10.0. The van der Waals surface area contributed by atoms with Crippen molar-refractivity contribution in [2.45, 2.75) is 0 Å². The van der Waals surface area contributed by atoms with Crippen LogP contribution in [0, 0.1) is 5.82 Å². The Bertz CT molecular complexity index is 676. The first-order valence-corrected chi connectivity index (χ1v) is 6.83. The van der Waals surface area contributed by atoms with E-state index in [1.165, 1.54) is 32.4 Å². The van der Waals surface area contributed by atoms with Gasteiger partial charge in [0.05, 0.1) is 19.8 Å². The highest BCUT2D eigenvalue weighted by Gasteiger charge is 2.13. The minimum atomic E-state index is -0.587. The molecule has 0 atom stereocenters. The molecule has 6 heteroatoms. The van der Waals surface area contributed by atoms with E-state index < -0.39 is 11.7 Å². The molecule has 0 bridgehead atoms. The van der Waals surface area contributed by atoms with Gasteiger partial charge in [0.15, 0.2) is 11.5 Å². The molecule has 1 amide bonds. The molecular formula is C15H13BrFNO3. The predicted octanol–water partition coefficient (Wildman–Crippen LogP) is 3.86. The van der Waals surface area contributed by atoms with Gasteiger partial charge in [-0.05, 0) is 30.3 Å². The Hall–Kier alpha value is -2.08. The van der Waals surface area contributed by atoms with Gasteiger partial charge < -0.3 is 14.8 Å². The Morgan fingerprint density at radius 2 is 1.81 bits per heavy atom. The molecule has 110 valence electrons. The summed E-state index contributed by atoms with van der Waals surface area (Å²) in [6.07, 6.45) is 0. The summed E-state index contributed by atoms with van der Waals surface area (Å²) in [5.41, 5.74) is 0.441. The summed E-state index contributed by atoms with van der Waals surface area (Å²) in [5.74, 6) is -0.105. The van der Waals surface area contributed by atoms with Gasteiger partial charge in [0.25, 0.3) is 5.91 Å². The number of amides is 1. The maximum Gasteiger partial charge on any atom is 0.258 e. The number of hydrogen-bond acceptors (Lipinski definition) is 3. The van der Waals surface area contributed by atoms with E-state index >= 15 is 0 Å². The molecule has 2 aromatic rings. The standard InChI is InChI=1S/C15H13BrFNO3/c1-20-13-6-4-10(8-14(13)21-2)18-15(19)11-7-9(16)3-5-12(11)17/h3-8H,1-2H3,(H,18,19). The van der Waals surface area contributed by atoms with Gasteiger partial charge in [-0.1, -0.05) is 15.9 Å². The number of hydrogen-bond donors (Lipinski definition) is 1. The summed E-state index contributed by atoms with van der Waals surface area (Å²) in [4.78, 5) is 12.1. The molecule has 2 aromatic carbocycles. The molecule has 0 aromatic heterocycles. The fraction of sp³-hybridized carbons (Fsp3) is 0.133. The summed E-state index contributed by atoms with van der Waals surface area (Å²) in [5, 5.41) is 2.62. The average Bonchev–Trinajstić information content (AvgIpc) is 2.49. The van der Waals surface area contributed by atoms with Crippen LogP contribution in [0.25, 0.3) is 0 Å². The third-order valence-corrected chi connectivity index (χ3v) is 3.31. The van der Waals surface area contributed by atoms with Gasteiger partial charge in [-0.3, -0.25) is 4.79 Å². The van der Waals surface area contributed by atoms with Gasteiger partial charge in [-0.25, -0.2) is 4.39 Å². The van der Waals surface area contributed by atoms with Crippen molar-refractivity contribution in [1.82, 2.24) is 0 Å². The van der Waals surface area contributed by atoms with E-state index in [-0.39, 0.29) is 5.56 Å². The number of rotatable bonds is 4. The zero-order valence-electron chi connectivity index (χ0n) is 11.4. The van der Waals surface area contributed by atoms with Crippen molar-refractivity contribution in [2.24, 2.45) is 0 Å². The van der Waals surface area contributed by atoms with E-state index in [4.69, 9.17) is 9.47 Å². The van der Waals surface area contributed by atoms with Crippen LogP contribution >= 0.6 is 15.9 Å². The number of carbonyl (C=O) groups is 1. The van der Waals surface area contributed by atoms with Crippen LogP contribution in [0.5, 0.6) is 11.5 Å². The van der Waals surface area contributed by atoms with E-state index in [1.807, 2.05) is 0 Å². The largest absolute Gasteiger partial charge is 0.493 e. The molecule has 0 aliphatic rings. The fourth-order valence-electron chi connectivity index (χ4n) is 1.78. The maximum atomic E-state index is 13.7. The van der Waals surface area contributed by atoms with Gasteiger partial charge in [0.1, 0.15) is 5.82 Å². The second-order valence-electron chi connectivity index (χ2n) is 4.15. The molecule has 2 rings (SSSR count). The van der Waals surface area contributed by atoms with Crippen molar-refractivity contribution in [3.05, 3.63) is 52.3 Å². The van der Waals surface area contributed by atoms with Gasteiger partial charge in [0.2, 0.25) is 0 Å². The van der Waals surface area contributed by atoms with E-state index in [2.05, 4.69) is 21.2 Å². The quantitative estimate of drug-likeness (QED) is 0.907. The van der Waals surface area contributed by atoms with Crippen LogP contribution < -0.4 is 14.8 Å². The Kier molecular flexibility index (Phi) is 4.80. The van der Waals surface area contributed by atoms with Crippen LogP contribution in [0.15, 0.2) is 40.9 Å². The van der Waals surface area contributed by atoms with Crippen LogP contribution in [0.1, 0.15) is 10.4 Å². The zero-order chi connectivity index (χ0) is 15.4. The molecule has 0 saturated heterocycles. The van der Waals surface area contributed by atoms with Crippen LogP contribution in [0.3, 0.4) is 0 Å². The number of carbonyl (C=O) groups excluding carboxylic acids is 1. The van der Waals surface area contributed by atoms with Crippen molar-refractivity contribution >= 4 is 27.5 Å². The van der Waals surface area contributed by atoms with Crippen LogP contribution in [-0.2, 0) is 0 Å². The number of halogens is 2. The lowest BCUT2D eigenvalue weighted by Gasteiger charge is -2.11. The predicted molar refractivity (Wildman–Crippen MR) is 81.6 cm³/mol. The van der Waals surface area contributed by atoms with E-state index in [9.17, 15) is 9.18 Å². The molecule has 4 nitrogen and oxygen atoms in total. The molecule has 1 N–H and O–H groups in total. The molecule has 0 radical (unpaired) electrons. The van der Waals surface area contributed by atoms with Crippen molar-refractivity contribution in [2.75, 3.05) is 19.5 Å².